The minimum Gasteiger partial charge on any atom is -0.381 e. The van der Waals surface area contributed by atoms with Crippen molar-refractivity contribution in [2.45, 2.75) is 39.0 Å². The van der Waals surface area contributed by atoms with Crippen molar-refractivity contribution < 1.29 is 4.74 Å². The lowest BCUT2D eigenvalue weighted by atomic mass is 9.73. The van der Waals surface area contributed by atoms with E-state index in [0.29, 0.717) is 5.92 Å². The van der Waals surface area contributed by atoms with E-state index in [2.05, 4.69) is 50.4 Å². The molecular formula is C17H27NO. The van der Waals surface area contributed by atoms with Gasteiger partial charge in [-0.05, 0) is 37.8 Å². The predicted octanol–water partition coefficient (Wildman–Crippen LogP) is 3.29. The van der Waals surface area contributed by atoms with E-state index >= 15 is 0 Å². The van der Waals surface area contributed by atoms with Crippen LogP contribution in [-0.2, 0) is 10.2 Å². The number of benzene rings is 1. The van der Waals surface area contributed by atoms with Crippen molar-refractivity contribution in [1.29, 1.82) is 0 Å². The fourth-order valence-corrected chi connectivity index (χ4v) is 2.90. The number of rotatable bonds is 5. The third-order valence-electron chi connectivity index (χ3n) is 4.10. The minimum atomic E-state index is 0.263. The van der Waals surface area contributed by atoms with Gasteiger partial charge in [0.1, 0.15) is 0 Å². The quantitative estimate of drug-likeness (QED) is 0.878. The molecule has 1 saturated heterocycles. The second-order valence-corrected chi connectivity index (χ2v) is 6.29. The summed E-state index contributed by atoms with van der Waals surface area (Å²) < 4.78 is 5.58. The zero-order valence-electron chi connectivity index (χ0n) is 12.5. The smallest absolute Gasteiger partial charge is 0.0475 e. The summed E-state index contributed by atoms with van der Waals surface area (Å²) in [5.74, 6) is 0.703. The molecule has 0 amide bonds. The molecule has 0 spiro atoms. The first-order chi connectivity index (χ1) is 9.12. The Morgan fingerprint density at radius 3 is 2.63 bits per heavy atom. The van der Waals surface area contributed by atoms with Crippen molar-refractivity contribution >= 4 is 0 Å². The number of hydrogen-bond donors (Lipinski definition) is 1. The lowest BCUT2D eigenvalue weighted by Crippen LogP contribution is -2.43. The first kappa shape index (κ1) is 14.5. The normalized spacial score (nSPS) is 18.7. The lowest BCUT2D eigenvalue weighted by Gasteiger charge is -2.38. The molecule has 19 heavy (non-hydrogen) atoms. The van der Waals surface area contributed by atoms with Crippen LogP contribution < -0.4 is 5.32 Å². The highest BCUT2D eigenvalue weighted by Gasteiger charge is 2.34. The van der Waals surface area contributed by atoms with Gasteiger partial charge in [0.2, 0.25) is 0 Å². The molecule has 1 aliphatic heterocycles. The Morgan fingerprint density at radius 2 is 2.00 bits per heavy atom. The standard InChI is InChI=1S/C17H27NO/c1-14(2)12-18-13-17(7-9-19-10-8-17)16-6-4-5-15(3)11-16/h4-6,11,14,18H,7-10,12-13H2,1-3H3. The molecule has 0 atom stereocenters. The molecular weight excluding hydrogens is 234 g/mol. The largest absolute Gasteiger partial charge is 0.381 e. The van der Waals surface area contributed by atoms with Crippen LogP contribution in [0.25, 0.3) is 0 Å². The molecule has 0 unspecified atom stereocenters. The van der Waals surface area contributed by atoms with E-state index in [-0.39, 0.29) is 5.41 Å². The van der Waals surface area contributed by atoms with Crippen molar-refractivity contribution in [3.63, 3.8) is 0 Å². The molecule has 1 N–H and O–H groups in total. The summed E-state index contributed by atoms with van der Waals surface area (Å²) in [6.45, 7) is 10.6. The number of ether oxygens (including phenoxy) is 1. The van der Waals surface area contributed by atoms with Gasteiger partial charge in [0, 0.05) is 25.2 Å². The summed E-state index contributed by atoms with van der Waals surface area (Å²) in [7, 11) is 0. The molecule has 1 fully saturated rings. The van der Waals surface area contributed by atoms with E-state index in [0.717, 1.165) is 39.1 Å². The fraction of sp³-hybridized carbons (Fsp3) is 0.647. The molecule has 106 valence electrons. The maximum absolute atomic E-state index is 5.58. The van der Waals surface area contributed by atoms with Gasteiger partial charge in [-0.25, -0.2) is 0 Å². The van der Waals surface area contributed by atoms with Gasteiger partial charge in [-0.15, -0.1) is 0 Å². The maximum atomic E-state index is 5.58. The van der Waals surface area contributed by atoms with Gasteiger partial charge in [0.25, 0.3) is 0 Å². The summed E-state index contributed by atoms with van der Waals surface area (Å²) in [4.78, 5) is 0. The van der Waals surface area contributed by atoms with Crippen molar-refractivity contribution in [2.75, 3.05) is 26.3 Å². The van der Waals surface area contributed by atoms with Crippen LogP contribution in [0.1, 0.15) is 37.8 Å². The Balaban J connectivity index is 2.14. The highest BCUT2D eigenvalue weighted by Crippen LogP contribution is 2.34. The molecule has 0 saturated carbocycles. The molecule has 1 aromatic carbocycles. The van der Waals surface area contributed by atoms with E-state index in [9.17, 15) is 0 Å². The molecule has 0 aliphatic carbocycles. The molecule has 0 aromatic heterocycles. The van der Waals surface area contributed by atoms with Crippen LogP contribution in [0.2, 0.25) is 0 Å². The van der Waals surface area contributed by atoms with Crippen molar-refractivity contribution in [1.82, 2.24) is 5.32 Å². The molecule has 2 rings (SSSR count). The second-order valence-electron chi connectivity index (χ2n) is 6.29. The van der Waals surface area contributed by atoms with Crippen LogP contribution in [0.5, 0.6) is 0 Å². The Kier molecular flexibility index (Phi) is 5.00. The summed E-state index contributed by atoms with van der Waals surface area (Å²) in [6.07, 6.45) is 2.25. The Hall–Kier alpha value is -0.860. The lowest BCUT2D eigenvalue weighted by molar-refractivity contribution is 0.0497. The summed E-state index contributed by atoms with van der Waals surface area (Å²) >= 11 is 0. The number of hydrogen-bond acceptors (Lipinski definition) is 2. The van der Waals surface area contributed by atoms with Crippen molar-refractivity contribution in [3.05, 3.63) is 35.4 Å². The summed E-state index contributed by atoms with van der Waals surface area (Å²) in [5.41, 5.74) is 3.10. The third-order valence-corrected chi connectivity index (χ3v) is 4.10. The van der Waals surface area contributed by atoms with E-state index < -0.39 is 0 Å². The molecule has 0 radical (unpaired) electrons. The molecule has 1 heterocycles. The average molecular weight is 261 g/mol. The zero-order chi connectivity index (χ0) is 13.7. The van der Waals surface area contributed by atoms with Crippen molar-refractivity contribution in [2.24, 2.45) is 5.92 Å². The van der Waals surface area contributed by atoms with Gasteiger partial charge in [-0.3, -0.25) is 0 Å². The van der Waals surface area contributed by atoms with Crippen LogP contribution in [0, 0.1) is 12.8 Å². The van der Waals surface area contributed by atoms with Gasteiger partial charge in [0.15, 0.2) is 0 Å². The topological polar surface area (TPSA) is 21.3 Å². The Morgan fingerprint density at radius 1 is 1.26 bits per heavy atom. The van der Waals surface area contributed by atoms with Crippen LogP contribution in [0.3, 0.4) is 0 Å². The van der Waals surface area contributed by atoms with Gasteiger partial charge in [0.05, 0.1) is 0 Å². The van der Waals surface area contributed by atoms with Crippen molar-refractivity contribution in [3.8, 4) is 0 Å². The first-order valence-corrected chi connectivity index (χ1v) is 7.48. The molecule has 2 heteroatoms. The van der Waals surface area contributed by atoms with Gasteiger partial charge >= 0.3 is 0 Å². The van der Waals surface area contributed by atoms with Crippen LogP contribution >= 0.6 is 0 Å². The third kappa shape index (κ3) is 3.80. The highest BCUT2D eigenvalue weighted by atomic mass is 16.5. The first-order valence-electron chi connectivity index (χ1n) is 7.48. The summed E-state index contributed by atoms with van der Waals surface area (Å²) in [6, 6.07) is 9.00. The van der Waals surface area contributed by atoms with E-state index in [1.54, 1.807) is 0 Å². The fourth-order valence-electron chi connectivity index (χ4n) is 2.90. The monoisotopic (exact) mass is 261 g/mol. The zero-order valence-corrected chi connectivity index (χ0v) is 12.5. The second kappa shape index (κ2) is 6.53. The van der Waals surface area contributed by atoms with Crippen LogP contribution in [0.15, 0.2) is 24.3 Å². The highest BCUT2D eigenvalue weighted by molar-refractivity contribution is 5.30. The molecule has 1 aliphatic rings. The van der Waals surface area contributed by atoms with E-state index in [1.807, 2.05) is 0 Å². The van der Waals surface area contributed by atoms with Gasteiger partial charge in [-0.1, -0.05) is 43.7 Å². The van der Waals surface area contributed by atoms with E-state index in [4.69, 9.17) is 4.74 Å². The number of nitrogens with one attached hydrogen (secondary N) is 1. The summed E-state index contributed by atoms with van der Waals surface area (Å²) in [5, 5.41) is 3.66. The predicted molar refractivity (Wildman–Crippen MR) is 80.6 cm³/mol. The molecule has 1 aromatic rings. The van der Waals surface area contributed by atoms with Crippen LogP contribution in [-0.4, -0.2) is 26.3 Å². The molecule has 0 bridgehead atoms. The van der Waals surface area contributed by atoms with E-state index in [1.165, 1.54) is 11.1 Å². The molecule has 2 nitrogen and oxygen atoms in total. The van der Waals surface area contributed by atoms with Crippen LogP contribution in [0.4, 0.5) is 0 Å². The Labute approximate surface area is 117 Å². The average Bonchev–Trinajstić information content (AvgIpc) is 2.39. The number of aryl methyl sites for hydroxylation is 1. The van der Waals surface area contributed by atoms with Gasteiger partial charge < -0.3 is 10.1 Å². The maximum Gasteiger partial charge on any atom is 0.0475 e. The Bertz CT molecular complexity index is 394. The SMILES string of the molecule is Cc1cccc(C2(CNCC(C)C)CCOCC2)c1. The van der Waals surface area contributed by atoms with Gasteiger partial charge in [-0.2, -0.15) is 0 Å². The minimum absolute atomic E-state index is 0.263.